The van der Waals surface area contributed by atoms with Crippen molar-refractivity contribution in [2.24, 2.45) is 5.92 Å². The molecule has 0 aromatic carbocycles. The summed E-state index contributed by atoms with van der Waals surface area (Å²) in [7, 11) is 4.05. The van der Waals surface area contributed by atoms with E-state index in [-0.39, 0.29) is 0 Å². The zero-order chi connectivity index (χ0) is 11.5. The zero-order valence-corrected chi connectivity index (χ0v) is 10.4. The maximum absolute atomic E-state index is 4.39. The molecule has 0 saturated heterocycles. The number of pyridine rings is 1. The average molecular weight is 219 g/mol. The van der Waals surface area contributed by atoms with Crippen molar-refractivity contribution in [3.8, 4) is 0 Å². The Balaban J connectivity index is 2.01. The lowest BCUT2D eigenvalue weighted by Gasteiger charge is -2.20. The van der Waals surface area contributed by atoms with Gasteiger partial charge in [-0.05, 0) is 31.4 Å². The number of nitrogens with one attached hydrogen (secondary N) is 1. The Hall–Kier alpha value is -1.25. The number of rotatable bonds is 5. The Bertz CT molecular complexity index is 345. The van der Waals surface area contributed by atoms with E-state index in [0.29, 0.717) is 6.04 Å². The van der Waals surface area contributed by atoms with Gasteiger partial charge in [-0.1, -0.05) is 12.8 Å². The molecule has 1 aromatic rings. The highest BCUT2D eigenvalue weighted by Crippen LogP contribution is 2.34. The second kappa shape index (κ2) is 4.73. The molecule has 0 spiro atoms. The first-order valence-electron chi connectivity index (χ1n) is 6.05. The molecular weight excluding hydrogens is 198 g/mol. The van der Waals surface area contributed by atoms with Crippen molar-refractivity contribution in [1.29, 1.82) is 0 Å². The van der Waals surface area contributed by atoms with Crippen molar-refractivity contribution in [2.45, 2.75) is 32.2 Å². The van der Waals surface area contributed by atoms with Gasteiger partial charge in [0.2, 0.25) is 0 Å². The largest absolute Gasteiger partial charge is 0.380 e. The fraction of sp³-hybridized carbons (Fsp3) is 0.615. The Kier molecular flexibility index (Phi) is 3.32. The van der Waals surface area contributed by atoms with E-state index < -0.39 is 0 Å². The molecule has 1 saturated carbocycles. The van der Waals surface area contributed by atoms with Crippen LogP contribution >= 0.6 is 0 Å². The molecule has 1 unspecified atom stereocenters. The summed E-state index contributed by atoms with van der Waals surface area (Å²) in [4.78, 5) is 6.44. The third-order valence-corrected chi connectivity index (χ3v) is 3.00. The van der Waals surface area contributed by atoms with Gasteiger partial charge in [0.1, 0.15) is 0 Å². The summed E-state index contributed by atoms with van der Waals surface area (Å²) >= 11 is 0. The lowest BCUT2D eigenvalue weighted by atomic mass is 10.1. The van der Waals surface area contributed by atoms with Crippen molar-refractivity contribution < 1.29 is 0 Å². The van der Waals surface area contributed by atoms with Crippen LogP contribution in [0, 0.1) is 5.92 Å². The predicted octanol–water partition coefficient (Wildman–Crippen LogP) is 2.75. The fourth-order valence-corrected chi connectivity index (χ4v) is 2.04. The van der Waals surface area contributed by atoms with E-state index in [0.717, 1.165) is 17.4 Å². The third kappa shape index (κ3) is 2.87. The van der Waals surface area contributed by atoms with Gasteiger partial charge in [0, 0.05) is 26.3 Å². The van der Waals surface area contributed by atoms with Gasteiger partial charge in [-0.25, -0.2) is 4.98 Å². The summed E-state index contributed by atoms with van der Waals surface area (Å²) < 4.78 is 0. The Morgan fingerprint density at radius 1 is 1.50 bits per heavy atom. The van der Waals surface area contributed by atoms with E-state index in [4.69, 9.17) is 0 Å². The lowest BCUT2D eigenvalue weighted by Crippen LogP contribution is -2.19. The molecule has 2 rings (SSSR count). The summed E-state index contributed by atoms with van der Waals surface area (Å²) in [5.74, 6) is 1.98. The van der Waals surface area contributed by atoms with Crippen LogP contribution in [0.5, 0.6) is 0 Å². The Morgan fingerprint density at radius 2 is 2.25 bits per heavy atom. The summed E-state index contributed by atoms with van der Waals surface area (Å²) in [5.41, 5.74) is 1.14. The maximum Gasteiger partial charge on any atom is 0.151 e. The quantitative estimate of drug-likeness (QED) is 0.825. The minimum Gasteiger partial charge on any atom is -0.380 e. The van der Waals surface area contributed by atoms with Crippen LogP contribution in [0.3, 0.4) is 0 Å². The van der Waals surface area contributed by atoms with E-state index in [2.05, 4.69) is 23.3 Å². The van der Waals surface area contributed by atoms with Crippen LogP contribution in [0.2, 0.25) is 0 Å². The van der Waals surface area contributed by atoms with Crippen LogP contribution in [0.1, 0.15) is 26.2 Å². The summed E-state index contributed by atoms with van der Waals surface area (Å²) in [6.45, 7) is 2.25. The molecule has 1 N–H and O–H groups in total. The van der Waals surface area contributed by atoms with E-state index >= 15 is 0 Å². The van der Waals surface area contributed by atoms with Gasteiger partial charge in [-0.3, -0.25) is 0 Å². The van der Waals surface area contributed by atoms with Gasteiger partial charge in [0.05, 0.1) is 5.69 Å². The second-order valence-corrected chi connectivity index (χ2v) is 4.99. The van der Waals surface area contributed by atoms with E-state index in [9.17, 15) is 0 Å². The molecule has 1 aromatic heterocycles. The molecule has 1 heterocycles. The number of hydrogen-bond donors (Lipinski definition) is 1. The molecule has 0 amide bonds. The molecule has 3 heteroatoms. The highest BCUT2D eigenvalue weighted by molar-refractivity contribution is 5.64. The normalized spacial score (nSPS) is 16.9. The highest BCUT2D eigenvalue weighted by atomic mass is 15.2. The number of hydrogen-bond acceptors (Lipinski definition) is 3. The van der Waals surface area contributed by atoms with E-state index in [1.165, 1.54) is 19.3 Å². The Morgan fingerprint density at radius 3 is 2.88 bits per heavy atom. The molecule has 3 nitrogen and oxygen atoms in total. The molecule has 0 aliphatic heterocycles. The number of nitrogens with zero attached hydrogens (tertiary/aromatic N) is 2. The Labute approximate surface area is 97.9 Å². The fourth-order valence-electron chi connectivity index (χ4n) is 2.04. The third-order valence-electron chi connectivity index (χ3n) is 3.00. The van der Waals surface area contributed by atoms with Crippen LogP contribution in [-0.2, 0) is 0 Å². The van der Waals surface area contributed by atoms with E-state index in [1.54, 1.807) is 0 Å². The van der Waals surface area contributed by atoms with Crippen molar-refractivity contribution >= 4 is 11.5 Å². The van der Waals surface area contributed by atoms with Gasteiger partial charge in [-0.2, -0.15) is 0 Å². The maximum atomic E-state index is 4.39. The number of anilines is 2. The predicted molar refractivity (Wildman–Crippen MR) is 69.0 cm³/mol. The number of aromatic nitrogens is 1. The second-order valence-electron chi connectivity index (χ2n) is 4.99. The first-order valence-corrected chi connectivity index (χ1v) is 6.05. The van der Waals surface area contributed by atoms with Gasteiger partial charge in [-0.15, -0.1) is 0 Å². The molecule has 1 atom stereocenters. The monoisotopic (exact) mass is 219 g/mol. The summed E-state index contributed by atoms with van der Waals surface area (Å²) in [5, 5.41) is 3.56. The minimum absolute atomic E-state index is 0.537. The van der Waals surface area contributed by atoms with Crippen molar-refractivity contribution in [3.05, 3.63) is 18.3 Å². The van der Waals surface area contributed by atoms with Crippen molar-refractivity contribution in [3.63, 3.8) is 0 Å². The first-order chi connectivity index (χ1) is 7.66. The topological polar surface area (TPSA) is 28.2 Å². The molecule has 0 radical (unpaired) electrons. The molecule has 1 aliphatic rings. The van der Waals surface area contributed by atoms with Crippen LogP contribution in [0.15, 0.2) is 18.3 Å². The van der Waals surface area contributed by atoms with Gasteiger partial charge >= 0.3 is 0 Å². The molecule has 1 aliphatic carbocycles. The smallest absolute Gasteiger partial charge is 0.151 e. The minimum atomic E-state index is 0.537. The van der Waals surface area contributed by atoms with Crippen molar-refractivity contribution in [2.75, 3.05) is 24.3 Å². The molecule has 88 valence electrons. The van der Waals surface area contributed by atoms with Crippen LogP contribution < -0.4 is 10.2 Å². The van der Waals surface area contributed by atoms with Crippen molar-refractivity contribution in [1.82, 2.24) is 4.98 Å². The summed E-state index contributed by atoms with van der Waals surface area (Å²) in [6, 6.07) is 4.63. The van der Waals surface area contributed by atoms with E-state index in [1.807, 2.05) is 31.3 Å². The van der Waals surface area contributed by atoms with Gasteiger partial charge < -0.3 is 10.2 Å². The van der Waals surface area contributed by atoms with Gasteiger partial charge in [0.25, 0.3) is 0 Å². The molecule has 1 fully saturated rings. The zero-order valence-electron chi connectivity index (χ0n) is 10.4. The molecular formula is C13H21N3. The lowest BCUT2D eigenvalue weighted by molar-refractivity contribution is 0.642. The molecule has 16 heavy (non-hydrogen) atoms. The molecule has 0 bridgehead atoms. The summed E-state index contributed by atoms with van der Waals surface area (Å²) in [6.07, 6.45) is 5.95. The SMILES string of the molecule is CC(CC1CC1)Nc1cccnc1N(C)C. The van der Waals surface area contributed by atoms with Gasteiger partial charge in [0.15, 0.2) is 5.82 Å². The first kappa shape index (κ1) is 11.2. The highest BCUT2D eigenvalue weighted by Gasteiger charge is 2.23. The van der Waals surface area contributed by atoms with Crippen LogP contribution in [0.4, 0.5) is 11.5 Å². The van der Waals surface area contributed by atoms with Crippen LogP contribution in [-0.4, -0.2) is 25.1 Å². The van der Waals surface area contributed by atoms with Crippen LogP contribution in [0.25, 0.3) is 0 Å². The standard InChI is InChI=1S/C13H21N3/c1-10(9-11-6-7-11)15-12-5-4-8-14-13(12)16(2)3/h4-5,8,10-11,15H,6-7,9H2,1-3H3. The average Bonchev–Trinajstić information content (AvgIpc) is 3.02.